The fourth-order valence-electron chi connectivity index (χ4n) is 2.87. The molecule has 0 atom stereocenters. The van der Waals surface area contributed by atoms with E-state index in [-0.39, 0.29) is 7.21 Å². The summed E-state index contributed by atoms with van der Waals surface area (Å²) >= 11 is 0. The van der Waals surface area contributed by atoms with E-state index >= 15 is 0 Å². The third-order valence-electron chi connectivity index (χ3n) is 3.83. The number of ketones is 1. The van der Waals surface area contributed by atoms with Crippen LogP contribution in [0.15, 0.2) is 36.8 Å². The van der Waals surface area contributed by atoms with Gasteiger partial charge < -0.3 is 4.98 Å². The van der Waals surface area contributed by atoms with Crippen LogP contribution in [0.3, 0.4) is 0 Å². The van der Waals surface area contributed by atoms with Crippen LogP contribution in [-0.2, 0) is 6.42 Å². The topological polar surface area (TPSA) is 58.6 Å². The lowest BCUT2D eigenvalue weighted by molar-refractivity contribution is 0.0974. The zero-order chi connectivity index (χ0) is 13.5. The number of pyridine rings is 2. The molecule has 3 aromatic heterocycles. The third kappa shape index (κ3) is 1.65. The molecule has 0 aromatic carbocycles. The van der Waals surface area contributed by atoms with Gasteiger partial charge in [-0.1, -0.05) is 6.07 Å². The lowest BCUT2D eigenvalue weighted by Crippen LogP contribution is -2.09. The Bertz CT molecular complexity index is 811. The zero-order valence-corrected chi connectivity index (χ0v) is 10.9. The minimum Gasteiger partial charge on any atom is -0.343 e. The molecule has 0 fully saturated rings. The quantitative estimate of drug-likeness (QED) is 0.733. The van der Waals surface area contributed by atoms with Gasteiger partial charge in [0.1, 0.15) is 5.65 Å². The molecule has 0 radical (unpaired) electrons. The Kier molecular flexibility index (Phi) is 2.42. The summed E-state index contributed by atoms with van der Waals surface area (Å²) in [4.78, 5) is 24.0. The smallest absolute Gasteiger partial charge is 0.165 e. The van der Waals surface area contributed by atoms with Crippen molar-refractivity contribution in [1.82, 2.24) is 15.0 Å². The Morgan fingerprint density at radius 2 is 2.15 bits per heavy atom. The fourth-order valence-corrected chi connectivity index (χ4v) is 2.87. The number of fused-ring (bicyclic) bond motifs is 3. The molecule has 0 amide bonds. The number of hydrogen-bond donors (Lipinski definition) is 1. The Morgan fingerprint density at radius 1 is 1.20 bits per heavy atom. The largest absolute Gasteiger partial charge is 0.343 e. The van der Waals surface area contributed by atoms with E-state index in [4.69, 9.17) is 0 Å². The molecular weight excluding hydrogens is 250 g/mol. The highest BCUT2D eigenvalue weighted by atomic mass is 16.1. The maximum absolute atomic E-state index is 12.1. The van der Waals surface area contributed by atoms with Crippen molar-refractivity contribution in [2.24, 2.45) is 0 Å². The molecule has 4 heteroatoms. The molecule has 0 saturated carbocycles. The van der Waals surface area contributed by atoms with Gasteiger partial charge in [-0.2, -0.15) is 0 Å². The first-order valence-corrected chi connectivity index (χ1v) is 6.77. The lowest BCUT2D eigenvalue weighted by atomic mass is 9.94. The molecule has 3 heterocycles. The number of aromatic amines is 1. The van der Waals surface area contributed by atoms with E-state index in [1.54, 1.807) is 6.20 Å². The predicted molar refractivity (Wildman–Crippen MR) is 78.7 cm³/mol. The van der Waals surface area contributed by atoms with Crippen LogP contribution in [0.2, 0.25) is 0 Å². The van der Waals surface area contributed by atoms with Gasteiger partial charge in [0.25, 0.3) is 0 Å². The van der Waals surface area contributed by atoms with Crippen molar-refractivity contribution in [3.63, 3.8) is 0 Å². The minimum absolute atomic E-state index is 0. The molecule has 0 bridgehead atoms. The van der Waals surface area contributed by atoms with Gasteiger partial charge in [0.15, 0.2) is 5.78 Å². The van der Waals surface area contributed by atoms with Gasteiger partial charge in [0, 0.05) is 54.2 Å². The predicted octanol–water partition coefficient (Wildman–Crippen LogP) is 3.39. The maximum Gasteiger partial charge on any atom is 0.165 e. The number of hydrogen-bond acceptors (Lipinski definition) is 3. The maximum atomic E-state index is 12.1. The Hall–Kier alpha value is -2.49. The first kappa shape index (κ1) is 11.3. The molecule has 0 aliphatic heterocycles. The molecule has 4 rings (SSSR count). The monoisotopic (exact) mass is 265 g/mol. The van der Waals surface area contributed by atoms with Crippen molar-refractivity contribution in [1.29, 1.82) is 0 Å². The van der Waals surface area contributed by atoms with Crippen molar-refractivity contribution in [2.45, 2.75) is 19.3 Å². The van der Waals surface area contributed by atoms with Crippen molar-refractivity contribution < 1.29 is 6.22 Å². The summed E-state index contributed by atoms with van der Waals surface area (Å²) in [6.07, 6.45) is 7.87. The molecule has 1 N–H and O–H groups in total. The number of rotatable bonds is 1. The average molecular weight is 265 g/mol. The molecule has 1 aliphatic carbocycles. The number of Topliss-reactive ketones (excluding diaryl/α,β-unsaturated/α-hetero) is 1. The van der Waals surface area contributed by atoms with E-state index in [0.717, 1.165) is 46.3 Å². The second kappa shape index (κ2) is 4.27. The van der Waals surface area contributed by atoms with Gasteiger partial charge in [-0.05, 0) is 25.0 Å². The van der Waals surface area contributed by atoms with E-state index in [0.29, 0.717) is 6.42 Å². The second-order valence-electron chi connectivity index (χ2n) is 5.12. The van der Waals surface area contributed by atoms with Crippen LogP contribution in [-0.4, -0.2) is 20.7 Å². The summed E-state index contributed by atoms with van der Waals surface area (Å²) in [6.45, 7) is 0. The normalized spacial score (nSPS) is 14.5. The number of nitrogens with one attached hydrogen (secondary N) is 1. The molecule has 20 heavy (non-hydrogen) atoms. The van der Waals surface area contributed by atoms with Crippen molar-refractivity contribution >= 4 is 16.8 Å². The number of carbonyl (C=O) groups is 1. The summed E-state index contributed by atoms with van der Waals surface area (Å²) in [7, 11) is 0. The SMILES string of the molecule is O=C1CCCc2[nH]c3ncc(-c4cccnc4)cc3c21.[HH]. The van der Waals surface area contributed by atoms with Gasteiger partial charge >= 0.3 is 0 Å². The van der Waals surface area contributed by atoms with Gasteiger partial charge in [-0.15, -0.1) is 0 Å². The number of carbonyl (C=O) groups excluding carboxylic acids is 1. The Balaban J connectivity index is 0.00000132. The molecule has 0 spiro atoms. The van der Waals surface area contributed by atoms with Gasteiger partial charge in [-0.3, -0.25) is 9.78 Å². The number of aromatic nitrogens is 3. The molecule has 0 unspecified atom stereocenters. The molecule has 1 aliphatic rings. The fraction of sp³-hybridized carbons (Fsp3) is 0.188. The first-order chi connectivity index (χ1) is 9.83. The van der Waals surface area contributed by atoms with Crippen LogP contribution in [0.4, 0.5) is 0 Å². The summed E-state index contributed by atoms with van der Waals surface area (Å²) in [5, 5.41) is 0.936. The van der Waals surface area contributed by atoms with Crippen LogP contribution >= 0.6 is 0 Å². The molecule has 0 saturated heterocycles. The highest BCUT2D eigenvalue weighted by molar-refractivity contribution is 6.09. The van der Waals surface area contributed by atoms with E-state index in [1.165, 1.54) is 0 Å². The third-order valence-corrected chi connectivity index (χ3v) is 3.83. The van der Waals surface area contributed by atoms with E-state index < -0.39 is 0 Å². The summed E-state index contributed by atoms with van der Waals surface area (Å²) < 4.78 is 0. The van der Waals surface area contributed by atoms with E-state index in [1.807, 2.05) is 30.6 Å². The van der Waals surface area contributed by atoms with Crippen LogP contribution in [0.5, 0.6) is 0 Å². The van der Waals surface area contributed by atoms with Crippen molar-refractivity contribution in [3.8, 4) is 11.1 Å². The highest BCUT2D eigenvalue weighted by Gasteiger charge is 2.23. The summed E-state index contributed by atoms with van der Waals surface area (Å²) in [5.74, 6) is 0.225. The average Bonchev–Trinajstić information content (AvgIpc) is 2.87. The summed E-state index contributed by atoms with van der Waals surface area (Å²) in [5.41, 5.74) is 4.68. The highest BCUT2D eigenvalue weighted by Crippen LogP contribution is 2.30. The number of H-pyrrole nitrogens is 1. The molecule has 3 aromatic rings. The Morgan fingerprint density at radius 3 is 3.00 bits per heavy atom. The van der Waals surface area contributed by atoms with Crippen LogP contribution in [0, 0.1) is 0 Å². The van der Waals surface area contributed by atoms with Crippen LogP contribution in [0.25, 0.3) is 22.2 Å². The van der Waals surface area contributed by atoms with E-state index in [9.17, 15) is 4.79 Å². The minimum atomic E-state index is 0. The molecular formula is C16H15N3O. The van der Waals surface area contributed by atoms with Crippen molar-refractivity contribution in [2.75, 3.05) is 0 Å². The lowest BCUT2D eigenvalue weighted by Gasteiger charge is -2.09. The molecule has 100 valence electrons. The summed E-state index contributed by atoms with van der Waals surface area (Å²) in [6, 6.07) is 5.94. The standard InChI is InChI=1S/C16H13N3O.H2/c20-14-5-1-4-13-15(14)12-7-11(9-18-16(12)19-13)10-3-2-6-17-8-10;/h2-3,6-9H,1,4-5H2,(H,18,19);1H. The van der Waals surface area contributed by atoms with Gasteiger partial charge in [0.2, 0.25) is 0 Å². The first-order valence-electron chi connectivity index (χ1n) is 6.77. The van der Waals surface area contributed by atoms with Crippen LogP contribution < -0.4 is 0 Å². The Labute approximate surface area is 117 Å². The number of aryl methyl sites for hydroxylation is 1. The van der Waals surface area contributed by atoms with Gasteiger partial charge in [0.05, 0.1) is 0 Å². The second-order valence-corrected chi connectivity index (χ2v) is 5.12. The molecule has 4 nitrogen and oxygen atoms in total. The van der Waals surface area contributed by atoms with E-state index in [2.05, 4.69) is 15.0 Å². The number of nitrogens with zero attached hydrogens (tertiary/aromatic N) is 2. The zero-order valence-electron chi connectivity index (χ0n) is 10.9. The van der Waals surface area contributed by atoms with Crippen LogP contribution in [0.1, 0.15) is 30.3 Å². The van der Waals surface area contributed by atoms with Gasteiger partial charge in [-0.25, -0.2) is 4.98 Å². The van der Waals surface area contributed by atoms with Crippen molar-refractivity contribution in [3.05, 3.63) is 48.0 Å².